The first-order chi connectivity index (χ1) is 13.3. The molecule has 146 valence electrons. The van der Waals surface area contributed by atoms with Crippen LogP contribution in [0.25, 0.3) is 11.2 Å². The van der Waals surface area contributed by atoms with Crippen molar-refractivity contribution in [3.05, 3.63) is 50.9 Å². The Morgan fingerprint density at radius 3 is 2.39 bits per heavy atom. The Kier molecular flexibility index (Phi) is 5.64. The minimum absolute atomic E-state index is 0.0166. The van der Waals surface area contributed by atoms with Gasteiger partial charge in [0.2, 0.25) is 11.8 Å². The Hall–Kier alpha value is -2.94. The normalized spacial score (nSPS) is 10.9. The molecule has 0 spiro atoms. The first-order valence-electron chi connectivity index (χ1n) is 8.64. The summed E-state index contributed by atoms with van der Waals surface area (Å²) in [5, 5.41) is 5.44. The van der Waals surface area contributed by atoms with Crippen LogP contribution in [0.1, 0.15) is 18.4 Å². The molecule has 1 aromatic carbocycles. The van der Waals surface area contributed by atoms with Gasteiger partial charge in [-0.05, 0) is 52.7 Å². The van der Waals surface area contributed by atoms with Crippen LogP contribution in [0.4, 0.5) is 11.5 Å². The molecule has 0 saturated heterocycles. The summed E-state index contributed by atoms with van der Waals surface area (Å²) in [6, 6.07) is 8.96. The first kappa shape index (κ1) is 19.8. The highest BCUT2D eigenvalue weighted by atomic mass is 79.9. The molecule has 9 heteroatoms. The van der Waals surface area contributed by atoms with Crippen molar-refractivity contribution < 1.29 is 9.59 Å². The average Bonchev–Trinajstić information content (AvgIpc) is 2.86. The van der Waals surface area contributed by atoms with Gasteiger partial charge >= 0.3 is 5.69 Å². The number of fused-ring (bicyclic) bond motifs is 1. The number of nitrogens with zero attached hydrogens (tertiary/aromatic N) is 3. The first-order valence-corrected chi connectivity index (χ1v) is 9.44. The number of hydrogen-bond donors (Lipinski definition) is 2. The van der Waals surface area contributed by atoms with Crippen LogP contribution in [0, 0.1) is 6.92 Å². The van der Waals surface area contributed by atoms with Gasteiger partial charge in [-0.15, -0.1) is 0 Å². The van der Waals surface area contributed by atoms with Crippen molar-refractivity contribution in [1.82, 2.24) is 14.1 Å². The quantitative estimate of drug-likeness (QED) is 0.630. The number of carbonyl (C=O) groups is 2. The van der Waals surface area contributed by atoms with E-state index in [0.29, 0.717) is 22.7 Å². The Balaban J connectivity index is 1.59. The lowest BCUT2D eigenvalue weighted by Crippen LogP contribution is -2.19. The molecule has 2 heterocycles. The molecule has 2 N–H and O–H groups in total. The van der Waals surface area contributed by atoms with E-state index in [1.807, 2.05) is 19.1 Å². The van der Waals surface area contributed by atoms with Crippen molar-refractivity contribution in [2.45, 2.75) is 19.8 Å². The van der Waals surface area contributed by atoms with Crippen molar-refractivity contribution in [2.24, 2.45) is 14.1 Å². The van der Waals surface area contributed by atoms with Crippen LogP contribution >= 0.6 is 15.9 Å². The summed E-state index contributed by atoms with van der Waals surface area (Å²) in [4.78, 5) is 40.5. The zero-order valence-electron chi connectivity index (χ0n) is 15.7. The van der Waals surface area contributed by atoms with Gasteiger partial charge in [-0.3, -0.25) is 18.7 Å². The summed E-state index contributed by atoms with van der Waals surface area (Å²) >= 11 is 3.40. The molecule has 0 radical (unpaired) electrons. The molecule has 3 rings (SSSR count). The third kappa shape index (κ3) is 4.14. The molecule has 0 aliphatic carbocycles. The van der Waals surface area contributed by atoms with Crippen LogP contribution in [-0.4, -0.2) is 25.9 Å². The fourth-order valence-electron chi connectivity index (χ4n) is 2.80. The lowest BCUT2D eigenvalue weighted by molar-refractivity contribution is -0.121. The van der Waals surface area contributed by atoms with Crippen LogP contribution in [0.5, 0.6) is 0 Å². The lowest BCUT2D eigenvalue weighted by atomic mass is 10.2. The minimum atomic E-state index is -0.328. The largest absolute Gasteiger partial charge is 0.329 e. The highest BCUT2D eigenvalue weighted by Crippen LogP contribution is 2.23. The van der Waals surface area contributed by atoms with E-state index < -0.39 is 0 Å². The summed E-state index contributed by atoms with van der Waals surface area (Å²) < 4.78 is 3.69. The lowest BCUT2D eigenvalue weighted by Gasteiger charge is -2.08. The highest BCUT2D eigenvalue weighted by Gasteiger charge is 2.12. The van der Waals surface area contributed by atoms with E-state index in [-0.39, 0.29) is 30.3 Å². The molecule has 8 nitrogen and oxygen atoms in total. The van der Waals surface area contributed by atoms with Gasteiger partial charge in [-0.2, -0.15) is 0 Å². The molecule has 0 atom stereocenters. The molecule has 2 amide bonds. The van der Waals surface area contributed by atoms with E-state index in [2.05, 4.69) is 31.5 Å². The maximum Gasteiger partial charge on any atom is 0.329 e. The number of aromatic nitrogens is 3. The summed E-state index contributed by atoms with van der Waals surface area (Å²) in [7, 11) is 3.28. The number of hydrogen-bond acceptors (Lipinski definition) is 4. The number of imidazole rings is 1. The predicted molar refractivity (Wildman–Crippen MR) is 111 cm³/mol. The zero-order valence-corrected chi connectivity index (χ0v) is 17.3. The Bertz CT molecular complexity index is 1130. The number of nitrogens with one attached hydrogen (secondary N) is 2. The summed E-state index contributed by atoms with van der Waals surface area (Å²) in [6.45, 7) is 1.96. The second-order valence-electron chi connectivity index (χ2n) is 6.52. The van der Waals surface area contributed by atoms with Crippen molar-refractivity contribution in [3.63, 3.8) is 0 Å². The van der Waals surface area contributed by atoms with Crippen molar-refractivity contribution >= 4 is 50.4 Å². The molecule has 0 aliphatic rings. The molecule has 28 heavy (non-hydrogen) atoms. The number of rotatable bonds is 5. The van der Waals surface area contributed by atoms with E-state index >= 15 is 0 Å². The van der Waals surface area contributed by atoms with Gasteiger partial charge in [-0.1, -0.05) is 6.07 Å². The van der Waals surface area contributed by atoms with Gasteiger partial charge in [0.1, 0.15) is 5.82 Å². The van der Waals surface area contributed by atoms with Crippen LogP contribution in [-0.2, 0) is 23.7 Å². The summed E-state index contributed by atoms with van der Waals surface area (Å²) in [5.74, 6) is -0.250. The number of carbonyl (C=O) groups excluding carboxylic acids is 2. The predicted octanol–water partition coefficient (Wildman–Crippen LogP) is 2.70. The van der Waals surface area contributed by atoms with E-state index in [9.17, 15) is 14.4 Å². The monoisotopic (exact) mass is 445 g/mol. The molecule has 2 aromatic heterocycles. The SMILES string of the molecule is Cc1ccc(NC(=O)CCC(=O)Nc2ccc3c(n2)n(C)c(=O)n3C)c(Br)c1. The second-order valence-corrected chi connectivity index (χ2v) is 7.37. The molecule has 0 fully saturated rings. The van der Waals surface area contributed by atoms with Crippen LogP contribution in [0.3, 0.4) is 0 Å². The van der Waals surface area contributed by atoms with Gasteiger partial charge in [0, 0.05) is 31.4 Å². The van der Waals surface area contributed by atoms with Gasteiger partial charge in [0.25, 0.3) is 0 Å². The zero-order chi connectivity index (χ0) is 20.4. The van der Waals surface area contributed by atoms with E-state index in [1.54, 1.807) is 32.3 Å². The number of amides is 2. The van der Waals surface area contributed by atoms with Gasteiger partial charge < -0.3 is 10.6 Å². The number of aryl methyl sites for hydroxylation is 3. The molecule has 0 unspecified atom stereocenters. The Labute approximate surface area is 169 Å². The number of pyridine rings is 1. The second kappa shape index (κ2) is 7.97. The third-order valence-corrected chi connectivity index (χ3v) is 5.01. The van der Waals surface area contributed by atoms with E-state index in [4.69, 9.17) is 0 Å². The molecule has 0 aliphatic heterocycles. The number of anilines is 2. The van der Waals surface area contributed by atoms with Crippen LogP contribution in [0.2, 0.25) is 0 Å². The average molecular weight is 446 g/mol. The van der Waals surface area contributed by atoms with Gasteiger partial charge in [0.15, 0.2) is 5.65 Å². The number of benzene rings is 1. The Morgan fingerprint density at radius 2 is 1.71 bits per heavy atom. The van der Waals surface area contributed by atoms with Gasteiger partial charge in [0.05, 0.1) is 11.2 Å². The molecule has 0 bridgehead atoms. The third-order valence-electron chi connectivity index (χ3n) is 4.35. The Morgan fingerprint density at radius 1 is 1.04 bits per heavy atom. The van der Waals surface area contributed by atoms with Crippen molar-refractivity contribution in [1.29, 1.82) is 0 Å². The number of halogens is 1. The summed E-state index contributed by atoms with van der Waals surface area (Å²) in [6.07, 6.45) is 0.0565. The molecular weight excluding hydrogens is 426 g/mol. The maximum atomic E-state index is 12.2. The smallest absolute Gasteiger partial charge is 0.325 e. The molecule has 0 saturated carbocycles. The summed E-state index contributed by atoms with van der Waals surface area (Å²) in [5.41, 5.74) is 2.70. The van der Waals surface area contributed by atoms with Crippen molar-refractivity contribution in [2.75, 3.05) is 10.6 Å². The highest BCUT2D eigenvalue weighted by molar-refractivity contribution is 9.10. The fourth-order valence-corrected chi connectivity index (χ4v) is 3.40. The minimum Gasteiger partial charge on any atom is -0.325 e. The molecule has 3 aromatic rings. The maximum absolute atomic E-state index is 12.2. The van der Waals surface area contributed by atoms with Crippen molar-refractivity contribution in [3.8, 4) is 0 Å². The fraction of sp³-hybridized carbons (Fsp3) is 0.263. The van der Waals surface area contributed by atoms with E-state index in [1.165, 1.54) is 9.13 Å². The van der Waals surface area contributed by atoms with Gasteiger partial charge in [-0.25, -0.2) is 9.78 Å². The molecular formula is C19H20BrN5O3. The standard InChI is InChI=1S/C19H20BrN5O3/c1-11-4-5-13(12(20)10-11)21-16(26)8-9-17(27)22-15-7-6-14-18(23-15)25(3)19(28)24(14)2/h4-7,10H,8-9H2,1-3H3,(H,21,26)(H,22,23,27). The van der Waals surface area contributed by atoms with Crippen LogP contribution in [0.15, 0.2) is 39.6 Å². The van der Waals surface area contributed by atoms with Crippen LogP contribution < -0.4 is 16.3 Å². The topological polar surface area (TPSA) is 98.0 Å². The van der Waals surface area contributed by atoms with E-state index in [0.717, 1.165) is 10.0 Å².